The lowest BCUT2D eigenvalue weighted by molar-refractivity contribution is 0.126. The van der Waals surface area contributed by atoms with Crippen LogP contribution in [0.3, 0.4) is 0 Å². The van der Waals surface area contributed by atoms with Gasteiger partial charge in [-0.2, -0.15) is 4.98 Å². The van der Waals surface area contributed by atoms with Crippen LogP contribution in [-0.4, -0.2) is 29.8 Å². The summed E-state index contributed by atoms with van der Waals surface area (Å²) in [4.78, 5) is 4.34. The van der Waals surface area contributed by atoms with E-state index in [-0.39, 0.29) is 0 Å². The number of nitrogens with zero attached hydrogens (tertiary/aromatic N) is 2. The van der Waals surface area contributed by atoms with Crippen molar-refractivity contribution in [1.29, 1.82) is 0 Å². The quantitative estimate of drug-likeness (QED) is 0.802. The molecule has 0 amide bonds. The van der Waals surface area contributed by atoms with Crippen LogP contribution in [0.4, 0.5) is 0 Å². The van der Waals surface area contributed by atoms with E-state index >= 15 is 0 Å². The molecule has 1 aliphatic rings. The highest BCUT2D eigenvalue weighted by Gasteiger charge is 2.29. The van der Waals surface area contributed by atoms with Crippen molar-refractivity contribution in [2.24, 2.45) is 5.92 Å². The smallest absolute Gasteiger partial charge is 0.231 e. The van der Waals surface area contributed by atoms with Gasteiger partial charge in [0.25, 0.3) is 0 Å². The van der Waals surface area contributed by atoms with Gasteiger partial charge in [0, 0.05) is 13.2 Å². The zero-order chi connectivity index (χ0) is 10.7. The maximum absolute atomic E-state index is 5.23. The molecular formula is C10H17N3O2. The second-order valence-electron chi connectivity index (χ2n) is 3.93. The molecule has 15 heavy (non-hydrogen) atoms. The van der Waals surface area contributed by atoms with Crippen molar-refractivity contribution in [3.8, 4) is 0 Å². The van der Waals surface area contributed by atoms with Gasteiger partial charge in [-0.05, 0) is 19.4 Å². The Bertz CT molecular complexity index is 313. The van der Waals surface area contributed by atoms with Gasteiger partial charge in [0.15, 0.2) is 5.82 Å². The molecule has 1 aliphatic heterocycles. The van der Waals surface area contributed by atoms with Crippen molar-refractivity contribution in [1.82, 2.24) is 15.5 Å². The van der Waals surface area contributed by atoms with Crippen LogP contribution in [0, 0.1) is 5.92 Å². The van der Waals surface area contributed by atoms with E-state index in [1.165, 1.54) is 0 Å². The van der Waals surface area contributed by atoms with Crippen LogP contribution in [0.1, 0.15) is 31.5 Å². The van der Waals surface area contributed by atoms with Crippen molar-refractivity contribution in [3.05, 3.63) is 11.7 Å². The monoisotopic (exact) mass is 211 g/mol. The molecule has 0 aromatic carbocycles. The highest BCUT2D eigenvalue weighted by Crippen LogP contribution is 2.26. The summed E-state index contributed by atoms with van der Waals surface area (Å²) < 4.78 is 10.5. The molecule has 2 unspecified atom stereocenters. The minimum absolute atomic E-state index is 0.355. The molecule has 1 saturated heterocycles. The number of ether oxygens (including phenoxy) is 1. The van der Waals surface area contributed by atoms with Crippen LogP contribution >= 0.6 is 0 Å². The van der Waals surface area contributed by atoms with E-state index < -0.39 is 0 Å². The standard InChI is InChI=1S/C10H17N3O2/c1-3-14-6-9-12-10(15-13-9)8-5-11-4-7(8)2/h7-8,11H,3-6H2,1-2H3. The van der Waals surface area contributed by atoms with Gasteiger partial charge in [-0.25, -0.2) is 0 Å². The first-order chi connectivity index (χ1) is 7.31. The summed E-state index contributed by atoms with van der Waals surface area (Å²) in [5, 5.41) is 7.21. The molecule has 2 atom stereocenters. The minimum atomic E-state index is 0.355. The fraction of sp³-hybridized carbons (Fsp3) is 0.800. The van der Waals surface area contributed by atoms with E-state index in [1.54, 1.807) is 0 Å². The van der Waals surface area contributed by atoms with Gasteiger partial charge in [-0.15, -0.1) is 0 Å². The van der Waals surface area contributed by atoms with Crippen LogP contribution in [0.5, 0.6) is 0 Å². The molecule has 2 rings (SSSR count). The van der Waals surface area contributed by atoms with Gasteiger partial charge in [-0.1, -0.05) is 12.1 Å². The predicted molar refractivity (Wildman–Crippen MR) is 54.4 cm³/mol. The fourth-order valence-electron chi connectivity index (χ4n) is 1.81. The molecule has 0 saturated carbocycles. The molecule has 1 fully saturated rings. The Morgan fingerprint density at radius 1 is 1.53 bits per heavy atom. The lowest BCUT2D eigenvalue weighted by Crippen LogP contribution is -2.08. The lowest BCUT2D eigenvalue weighted by atomic mass is 9.98. The molecule has 0 spiro atoms. The van der Waals surface area contributed by atoms with E-state index in [9.17, 15) is 0 Å². The van der Waals surface area contributed by atoms with E-state index in [1.807, 2.05) is 6.92 Å². The molecule has 0 radical (unpaired) electrons. The van der Waals surface area contributed by atoms with Crippen molar-refractivity contribution >= 4 is 0 Å². The van der Waals surface area contributed by atoms with Gasteiger partial charge in [0.2, 0.25) is 5.89 Å². The molecular weight excluding hydrogens is 194 g/mol. The second-order valence-corrected chi connectivity index (χ2v) is 3.93. The van der Waals surface area contributed by atoms with Crippen molar-refractivity contribution in [2.45, 2.75) is 26.4 Å². The van der Waals surface area contributed by atoms with Gasteiger partial charge in [0.05, 0.1) is 5.92 Å². The summed E-state index contributed by atoms with van der Waals surface area (Å²) >= 11 is 0. The van der Waals surface area contributed by atoms with Crippen LogP contribution in [-0.2, 0) is 11.3 Å². The second kappa shape index (κ2) is 4.72. The molecule has 2 heterocycles. The fourth-order valence-corrected chi connectivity index (χ4v) is 1.81. The molecule has 5 nitrogen and oxygen atoms in total. The Balaban J connectivity index is 1.99. The molecule has 5 heteroatoms. The molecule has 1 aromatic rings. The summed E-state index contributed by atoms with van der Waals surface area (Å²) in [7, 11) is 0. The van der Waals surface area contributed by atoms with E-state index in [0.29, 0.717) is 30.9 Å². The lowest BCUT2D eigenvalue weighted by Gasteiger charge is -2.07. The van der Waals surface area contributed by atoms with Crippen molar-refractivity contribution in [2.75, 3.05) is 19.7 Å². The van der Waals surface area contributed by atoms with Crippen molar-refractivity contribution < 1.29 is 9.26 Å². The third-order valence-electron chi connectivity index (χ3n) is 2.75. The summed E-state index contributed by atoms with van der Waals surface area (Å²) in [6.07, 6.45) is 0. The molecule has 0 aliphatic carbocycles. The first-order valence-electron chi connectivity index (χ1n) is 5.42. The third-order valence-corrected chi connectivity index (χ3v) is 2.75. The van der Waals surface area contributed by atoms with Crippen LogP contribution in [0.2, 0.25) is 0 Å². The summed E-state index contributed by atoms with van der Waals surface area (Å²) in [6, 6.07) is 0. The van der Waals surface area contributed by atoms with E-state index in [4.69, 9.17) is 9.26 Å². The normalized spacial score (nSPS) is 26.0. The largest absolute Gasteiger partial charge is 0.374 e. The van der Waals surface area contributed by atoms with E-state index in [0.717, 1.165) is 19.0 Å². The maximum Gasteiger partial charge on any atom is 0.231 e. The number of aromatic nitrogens is 2. The van der Waals surface area contributed by atoms with Gasteiger partial charge >= 0.3 is 0 Å². The summed E-state index contributed by atoms with van der Waals surface area (Å²) in [6.45, 7) is 7.20. The van der Waals surface area contributed by atoms with Gasteiger partial charge in [-0.3, -0.25) is 0 Å². The zero-order valence-electron chi connectivity index (χ0n) is 9.19. The van der Waals surface area contributed by atoms with E-state index in [2.05, 4.69) is 22.4 Å². The van der Waals surface area contributed by atoms with Crippen LogP contribution in [0.25, 0.3) is 0 Å². The van der Waals surface area contributed by atoms with Crippen LogP contribution < -0.4 is 5.32 Å². The number of hydrogen-bond acceptors (Lipinski definition) is 5. The van der Waals surface area contributed by atoms with Crippen LogP contribution in [0.15, 0.2) is 4.52 Å². The number of rotatable bonds is 4. The molecule has 84 valence electrons. The first kappa shape index (κ1) is 10.6. The Hall–Kier alpha value is -0.940. The number of nitrogens with one attached hydrogen (secondary N) is 1. The minimum Gasteiger partial charge on any atom is -0.374 e. The first-order valence-corrected chi connectivity index (χ1v) is 5.42. The van der Waals surface area contributed by atoms with Gasteiger partial charge < -0.3 is 14.6 Å². The Labute approximate surface area is 89.2 Å². The third kappa shape index (κ3) is 2.35. The highest BCUT2D eigenvalue weighted by atomic mass is 16.5. The zero-order valence-corrected chi connectivity index (χ0v) is 9.19. The topological polar surface area (TPSA) is 60.2 Å². The Kier molecular flexibility index (Phi) is 3.33. The number of hydrogen-bond donors (Lipinski definition) is 1. The maximum atomic E-state index is 5.23. The SMILES string of the molecule is CCOCc1noc(C2CNCC2C)n1. The Morgan fingerprint density at radius 3 is 3.07 bits per heavy atom. The highest BCUT2D eigenvalue weighted by molar-refractivity contribution is 5.00. The average molecular weight is 211 g/mol. The summed E-state index contributed by atoms with van der Waals surface area (Å²) in [5.41, 5.74) is 0. The van der Waals surface area contributed by atoms with Gasteiger partial charge in [0.1, 0.15) is 6.61 Å². The molecule has 1 aromatic heterocycles. The average Bonchev–Trinajstić information content (AvgIpc) is 2.83. The Morgan fingerprint density at radius 2 is 2.40 bits per heavy atom. The molecule has 0 bridgehead atoms. The van der Waals surface area contributed by atoms with Crippen molar-refractivity contribution in [3.63, 3.8) is 0 Å². The molecule has 1 N–H and O–H groups in total. The summed E-state index contributed by atoms with van der Waals surface area (Å²) in [5.74, 6) is 2.30. The predicted octanol–water partition coefficient (Wildman–Crippen LogP) is 0.929.